The fourth-order valence-electron chi connectivity index (χ4n) is 2.03. The minimum atomic E-state index is -1.02. The highest BCUT2D eigenvalue weighted by atomic mass is 79.9. The van der Waals surface area contributed by atoms with Crippen molar-refractivity contribution in [3.05, 3.63) is 34.3 Å². The minimum Gasteiger partial charge on any atom is -0.465 e. The highest BCUT2D eigenvalue weighted by molar-refractivity contribution is 9.10. The van der Waals surface area contributed by atoms with Gasteiger partial charge in [0.2, 0.25) is 0 Å². The van der Waals surface area contributed by atoms with Crippen LogP contribution in [-0.4, -0.2) is 35.0 Å². The zero-order valence-corrected chi connectivity index (χ0v) is 10.7. The summed E-state index contributed by atoms with van der Waals surface area (Å²) in [5.41, 5.74) is 0.961. The SMILES string of the molecule is O=C1CN(C(=O)O)CC[C@H]1c1ccc(Br)cc1. The number of carbonyl (C=O) groups excluding carboxylic acids is 1. The molecule has 1 aliphatic heterocycles. The van der Waals surface area contributed by atoms with Crippen molar-refractivity contribution in [2.75, 3.05) is 13.1 Å². The molecule has 1 aromatic carbocycles. The van der Waals surface area contributed by atoms with Crippen LogP contribution >= 0.6 is 15.9 Å². The van der Waals surface area contributed by atoms with Crippen molar-refractivity contribution in [2.24, 2.45) is 0 Å². The first-order valence-corrected chi connectivity index (χ1v) is 6.13. The molecule has 0 saturated carbocycles. The van der Waals surface area contributed by atoms with Crippen LogP contribution in [0, 0.1) is 0 Å². The van der Waals surface area contributed by atoms with Crippen LogP contribution in [0.25, 0.3) is 0 Å². The smallest absolute Gasteiger partial charge is 0.407 e. The number of Topliss-reactive ketones (excluding diaryl/α,β-unsaturated/α-hetero) is 1. The summed E-state index contributed by atoms with van der Waals surface area (Å²) in [5, 5.41) is 8.82. The standard InChI is InChI=1S/C12H12BrNO3/c13-9-3-1-8(2-4-9)10-5-6-14(12(16)17)7-11(10)15/h1-4,10H,5-7H2,(H,16,17)/t10-/m0/s1. The van der Waals surface area contributed by atoms with E-state index in [4.69, 9.17) is 5.11 Å². The van der Waals surface area contributed by atoms with Crippen LogP contribution in [-0.2, 0) is 4.79 Å². The second-order valence-electron chi connectivity index (χ2n) is 4.06. The zero-order valence-electron chi connectivity index (χ0n) is 9.10. The number of ketones is 1. The molecular formula is C12H12BrNO3. The molecule has 0 bridgehead atoms. The Labute approximate surface area is 107 Å². The van der Waals surface area contributed by atoms with Crippen LogP contribution < -0.4 is 0 Å². The number of hydrogen-bond acceptors (Lipinski definition) is 2. The third-order valence-electron chi connectivity index (χ3n) is 2.97. The molecule has 1 aliphatic rings. The van der Waals surface area contributed by atoms with Gasteiger partial charge in [-0.25, -0.2) is 4.79 Å². The lowest BCUT2D eigenvalue weighted by molar-refractivity contribution is -0.123. The lowest BCUT2D eigenvalue weighted by Gasteiger charge is -2.29. The fraction of sp³-hybridized carbons (Fsp3) is 0.333. The molecule has 1 fully saturated rings. The Morgan fingerprint density at radius 3 is 2.53 bits per heavy atom. The third-order valence-corrected chi connectivity index (χ3v) is 3.49. The van der Waals surface area contributed by atoms with Gasteiger partial charge in [0.15, 0.2) is 5.78 Å². The van der Waals surface area contributed by atoms with Crippen LogP contribution in [0.1, 0.15) is 17.9 Å². The fourth-order valence-corrected chi connectivity index (χ4v) is 2.30. The third kappa shape index (κ3) is 2.66. The van der Waals surface area contributed by atoms with Crippen molar-refractivity contribution in [2.45, 2.75) is 12.3 Å². The number of nitrogens with zero attached hydrogens (tertiary/aromatic N) is 1. The van der Waals surface area contributed by atoms with Gasteiger partial charge in [0.25, 0.3) is 0 Å². The normalized spacial score (nSPS) is 20.4. The Morgan fingerprint density at radius 1 is 1.35 bits per heavy atom. The van der Waals surface area contributed by atoms with Gasteiger partial charge in [0.05, 0.1) is 6.54 Å². The summed E-state index contributed by atoms with van der Waals surface area (Å²) in [7, 11) is 0. The molecule has 0 unspecified atom stereocenters. The van der Waals surface area contributed by atoms with Crippen LogP contribution in [0.5, 0.6) is 0 Å². The van der Waals surface area contributed by atoms with Gasteiger partial charge in [0, 0.05) is 16.9 Å². The molecule has 0 aromatic heterocycles. The van der Waals surface area contributed by atoms with E-state index in [0.717, 1.165) is 14.9 Å². The largest absolute Gasteiger partial charge is 0.465 e. The molecule has 17 heavy (non-hydrogen) atoms. The molecule has 1 atom stereocenters. The zero-order chi connectivity index (χ0) is 12.4. The van der Waals surface area contributed by atoms with Gasteiger partial charge in [-0.2, -0.15) is 0 Å². The number of hydrogen-bond donors (Lipinski definition) is 1. The van der Waals surface area contributed by atoms with Crippen molar-refractivity contribution in [3.8, 4) is 0 Å². The van der Waals surface area contributed by atoms with Crippen LogP contribution in [0.4, 0.5) is 4.79 Å². The molecule has 0 radical (unpaired) electrons. The number of carboxylic acid groups (broad SMARTS) is 1. The second kappa shape index (κ2) is 4.87. The number of rotatable bonds is 1. The van der Waals surface area contributed by atoms with Gasteiger partial charge in [-0.15, -0.1) is 0 Å². The topological polar surface area (TPSA) is 57.6 Å². The van der Waals surface area contributed by atoms with Crippen molar-refractivity contribution < 1.29 is 14.7 Å². The van der Waals surface area contributed by atoms with E-state index in [-0.39, 0.29) is 18.2 Å². The maximum absolute atomic E-state index is 11.9. The number of piperidine rings is 1. The summed E-state index contributed by atoms with van der Waals surface area (Å²) >= 11 is 3.34. The summed E-state index contributed by atoms with van der Waals surface area (Å²) in [5.74, 6) is -0.195. The van der Waals surface area contributed by atoms with Crippen LogP contribution in [0.3, 0.4) is 0 Å². The van der Waals surface area contributed by atoms with E-state index in [1.807, 2.05) is 24.3 Å². The lowest BCUT2D eigenvalue weighted by Crippen LogP contribution is -2.42. The Bertz CT molecular complexity index is 444. The molecule has 2 rings (SSSR count). The highest BCUT2D eigenvalue weighted by Crippen LogP contribution is 2.26. The minimum absolute atomic E-state index is 0.00390. The van der Waals surface area contributed by atoms with E-state index in [9.17, 15) is 9.59 Å². The van der Waals surface area contributed by atoms with Crippen molar-refractivity contribution in [1.29, 1.82) is 0 Å². The molecular weight excluding hydrogens is 286 g/mol. The Morgan fingerprint density at radius 2 is 2.00 bits per heavy atom. The van der Waals surface area contributed by atoms with E-state index in [1.54, 1.807) is 0 Å². The van der Waals surface area contributed by atoms with E-state index in [2.05, 4.69) is 15.9 Å². The molecule has 90 valence electrons. The summed E-state index contributed by atoms with van der Waals surface area (Å²) in [4.78, 5) is 23.8. The number of likely N-dealkylation sites (tertiary alicyclic amines) is 1. The quantitative estimate of drug-likeness (QED) is 0.866. The van der Waals surface area contributed by atoms with E-state index >= 15 is 0 Å². The molecule has 4 nitrogen and oxygen atoms in total. The Balaban J connectivity index is 2.12. The molecule has 1 aromatic rings. The van der Waals surface area contributed by atoms with E-state index in [1.165, 1.54) is 0 Å². The average Bonchev–Trinajstić information content (AvgIpc) is 2.30. The van der Waals surface area contributed by atoms with Gasteiger partial charge < -0.3 is 10.0 Å². The summed E-state index contributed by atoms with van der Waals surface area (Å²) in [6.45, 7) is 0.415. The molecule has 1 amide bonds. The molecule has 1 saturated heterocycles. The number of halogens is 1. The molecule has 0 aliphatic carbocycles. The predicted octanol–water partition coefficient (Wildman–Crippen LogP) is 2.49. The summed E-state index contributed by atoms with van der Waals surface area (Å²) < 4.78 is 0.969. The maximum atomic E-state index is 11.9. The van der Waals surface area contributed by atoms with Gasteiger partial charge in [-0.05, 0) is 24.1 Å². The number of benzene rings is 1. The highest BCUT2D eigenvalue weighted by Gasteiger charge is 2.30. The van der Waals surface area contributed by atoms with Gasteiger partial charge in [-0.1, -0.05) is 28.1 Å². The van der Waals surface area contributed by atoms with Gasteiger partial charge in [-0.3, -0.25) is 4.79 Å². The Kier molecular flexibility index (Phi) is 3.47. The first-order chi connectivity index (χ1) is 8.08. The predicted molar refractivity (Wildman–Crippen MR) is 66.1 cm³/mol. The van der Waals surface area contributed by atoms with E-state index in [0.29, 0.717) is 13.0 Å². The molecule has 1 heterocycles. The summed E-state index contributed by atoms with van der Waals surface area (Å²) in [6, 6.07) is 7.60. The number of carbonyl (C=O) groups is 2. The first-order valence-electron chi connectivity index (χ1n) is 5.34. The van der Waals surface area contributed by atoms with Crippen molar-refractivity contribution in [1.82, 2.24) is 4.90 Å². The van der Waals surface area contributed by atoms with Gasteiger partial charge >= 0.3 is 6.09 Å². The molecule has 1 N–H and O–H groups in total. The monoisotopic (exact) mass is 297 g/mol. The lowest BCUT2D eigenvalue weighted by atomic mass is 9.88. The number of amides is 1. The first kappa shape index (κ1) is 12.1. The molecule has 0 spiro atoms. The van der Waals surface area contributed by atoms with E-state index < -0.39 is 6.09 Å². The van der Waals surface area contributed by atoms with Gasteiger partial charge in [0.1, 0.15) is 0 Å². The van der Waals surface area contributed by atoms with Crippen molar-refractivity contribution in [3.63, 3.8) is 0 Å². The van der Waals surface area contributed by atoms with Crippen molar-refractivity contribution >= 4 is 27.8 Å². The average molecular weight is 298 g/mol. The second-order valence-corrected chi connectivity index (χ2v) is 4.98. The maximum Gasteiger partial charge on any atom is 0.407 e. The Hall–Kier alpha value is -1.36. The van der Waals surface area contributed by atoms with Crippen LogP contribution in [0.2, 0.25) is 0 Å². The molecule has 5 heteroatoms. The van der Waals surface area contributed by atoms with Crippen LogP contribution in [0.15, 0.2) is 28.7 Å². The summed E-state index contributed by atoms with van der Waals surface area (Å²) in [6.07, 6.45) is -0.458.